The number of ether oxygens (including phenoxy) is 2. The summed E-state index contributed by atoms with van der Waals surface area (Å²) in [5, 5.41) is 11.0. The van der Waals surface area contributed by atoms with E-state index in [2.05, 4.69) is 154 Å². The number of benzene rings is 7. The maximum absolute atomic E-state index is 11.0. The lowest BCUT2D eigenvalue weighted by molar-refractivity contribution is 0.433. The Bertz CT molecular complexity index is 3630. The largest absolute Gasteiger partial charge is 0.457 e. The third kappa shape index (κ3) is 4.79. The maximum Gasteiger partial charge on any atom is 0.156 e. The Hall–Kier alpha value is -9.19. The summed E-state index contributed by atoms with van der Waals surface area (Å²) in [6, 6.07) is 65.7. The third-order valence-corrected chi connectivity index (χ3v) is 14.1. The van der Waals surface area contributed by atoms with E-state index in [0.29, 0.717) is 28.3 Å². The van der Waals surface area contributed by atoms with E-state index >= 15 is 0 Å². The lowest BCUT2D eigenvalue weighted by atomic mass is 9.61. The van der Waals surface area contributed by atoms with Crippen molar-refractivity contribution in [3.63, 3.8) is 0 Å². The molecule has 3 aromatic heterocycles. The van der Waals surface area contributed by atoms with Crippen molar-refractivity contribution in [2.75, 3.05) is 4.90 Å². The van der Waals surface area contributed by atoms with Crippen molar-refractivity contribution in [1.29, 1.82) is 5.26 Å². The Kier molecular flexibility index (Phi) is 7.72. The minimum absolute atomic E-state index is 0.489. The quantitative estimate of drug-likeness (QED) is 0.173. The molecule has 0 atom stereocenters. The summed E-state index contributed by atoms with van der Waals surface area (Å²) in [6.07, 6.45) is 6.88. The van der Waals surface area contributed by atoms with Crippen molar-refractivity contribution in [3.8, 4) is 62.8 Å². The molecule has 8 nitrogen and oxygen atoms in total. The zero-order valence-electron chi connectivity index (χ0n) is 35.6. The van der Waals surface area contributed by atoms with Crippen molar-refractivity contribution in [3.05, 3.63) is 257 Å². The van der Waals surface area contributed by atoms with Crippen LogP contribution in [0.1, 0.15) is 50.1 Å². The highest BCUT2D eigenvalue weighted by atomic mass is 16.5. The molecule has 7 aromatic carbocycles. The molecule has 0 N–H and O–H groups in total. The molecule has 14 rings (SSSR count). The number of fused-ring (bicyclic) bond motifs is 17. The molecule has 0 radical (unpaired) electrons. The normalized spacial score (nSPS) is 14.4. The summed E-state index contributed by atoms with van der Waals surface area (Å²) >= 11 is 0. The number of hydrogen-bond acceptors (Lipinski definition) is 8. The molecule has 67 heavy (non-hydrogen) atoms. The molecule has 3 aliphatic heterocycles. The fraction of sp³-hybridized carbons (Fsp3) is 0.0339. The van der Waals surface area contributed by atoms with Gasteiger partial charge in [0, 0.05) is 57.5 Å². The Labute approximate surface area is 385 Å². The van der Waals surface area contributed by atoms with Gasteiger partial charge in [-0.3, -0.25) is 9.97 Å². The van der Waals surface area contributed by atoms with Gasteiger partial charge in [-0.25, -0.2) is 9.97 Å². The summed E-state index contributed by atoms with van der Waals surface area (Å²) in [6.45, 7) is 0. The van der Waals surface area contributed by atoms with E-state index in [9.17, 15) is 5.26 Å². The summed E-state index contributed by atoms with van der Waals surface area (Å²) in [4.78, 5) is 21.1. The SMILES string of the molecule is N#Cc1c(-c2ccncn2)cccc1-c1cccc2c1Oc1c(N3c4ccccc4C4(c5ccccc5Oc5ccccc54)c4ccccc43)cccc1C21c2cccnc2-c2ncccc21. The molecule has 2 spiro atoms. The Morgan fingerprint density at radius 3 is 1.55 bits per heavy atom. The number of aromatic nitrogens is 4. The monoisotopic (exact) mass is 858 g/mol. The Morgan fingerprint density at radius 1 is 0.403 bits per heavy atom. The molecule has 6 heterocycles. The highest BCUT2D eigenvalue weighted by Gasteiger charge is 2.55. The van der Waals surface area contributed by atoms with E-state index in [0.717, 1.165) is 95.6 Å². The molecular weight excluding hydrogens is 825 g/mol. The van der Waals surface area contributed by atoms with Gasteiger partial charge in [-0.15, -0.1) is 0 Å². The van der Waals surface area contributed by atoms with Crippen LogP contribution in [0, 0.1) is 11.3 Å². The number of hydrogen-bond donors (Lipinski definition) is 0. The number of nitrogens with zero attached hydrogens (tertiary/aromatic N) is 6. The van der Waals surface area contributed by atoms with Crippen LogP contribution >= 0.6 is 0 Å². The van der Waals surface area contributed by atoms with Gasteiger partial charge < -0.3 is 14.4 Å². The second-order valence-electron chi connectivity index (χ2n) is 17.1. The van der Waals surface area contributed by atoms with Gasteiger partial charge in [0.25, 0.3) is 0 Å². The predicted octanol–water partition coefficient (Wildman–Crippen LogP) is 13.2. The molecule has 1 aliphatic carbocycles. The third-order valence-electron chi connectivity index (χ3n) is 14.1. The first-order valence-electron chi connectivity index (χ1n) is 22.2. The van der Waals surface area contributed by atoms with E-state index in [1.54, 1.807) is 6.20 Å². The summed E-state index contributed by atoms with van der Waals surface area (Å²) in [7, 11) is 0. The van der Waals surface area contributed by atoms with Crippen LogP contribution in [0.15, 0.2) is 207 Å². The summed E-state index contributed by atoms with van der Waals surface area (Å²) < 4.78 is 14.3. The van der Waals surface area contributed by atoms with Crippen LogP contribution in [0.2, 0.25) is 0 Å². The van der Waals surface area contributed by atoms with Crippen LogP contribution in [0.5, 0.6) is 23.0 Å². The van der Waals surface area contributed by atoms with Crippen molar-refractivity contribution >= 4 is 17.1 Å². The highest BCUT2D eigenvalue weighted by Crippen LogP contribution is 2.67. The fourth-order valence-electron chi connectivity index (χ4n) is 11.7. The topological polar surface area (TPSA) is 97.0 Å². The molecular formula is C59H34N6O2. The van der Waals surface area contributed by atoms with E-state index < -0.39 is 10.8 Å². The second kappa shape index (κ2) is 13.9. The smallest absolute Gasteiger partial charge is 0.156 e. The lowest BCUT2D eigenvalue weighted by Crippen LogP contribution is -2.40. The van der Waals surface area contributed by atoms with Crippen LogP contribution in [-0.2, 0) is 10.8 Å². The molecule has 0 saturated heterocycles. The zero-order chi connectivity index (χ0) is 44.3. The molecule has 10 aromatic rings. The second-order valence-corrected chi connectivity index (χ2v) is 17.1. The van der Waals surface area contributed by atoms with Gasteiger partial charge in [0.15, 0.2) is 5.75 Å². The van der Waals surface area contributed by atoms with Gasteiger partial charge >= 0.3 is 0 Å². The fourth-order valence-corrected chi connectivity index (χ4v) is 11.7. The zero-order valence-corrected chi connectivity index (χ0v) is 35.6. The molecule has 0 fully saturated rings. The molecule has 0 saturated carbocycles. The number of para-hydroxylation sites is 6. The molecule has 0 amide bonds. The number of nitriles is 1. The van der Waals surface area contributed by atoms with Crippen LogP contribution < -0.4 is 14.4 Å². The lowest BCUT2D eigenvalue weighted by Gasteiger charge is -2.49. The predicted molar refractivity (Wildman–Crippen MR) is 257 cm³/mol. The average molecular weight is 859 g/mol. The molecule has 0 bridgehead atoms. The standard InChI is InChI=1S/C59H34N6O2/c60-34-39-36(14-9-15-37(39)48-30-33-61-35-64-48)38-16-10-21-46-56(38)67-57-47(59(46)44-23-12-31-62-54(44)55-45(59)24-13-32-63-55)22-11-27-51(57)65-49-25-5-1-17-40(49)58(41-18-2-6-26-50(41)65)42-19-3-7-28-52(42)66-53-29-8-4-20-43(53)58/h1-33,35H. The number of rotatable bonds is 3. The highest BCUT2D eigenvalue weighted by molar-refractivity contribution is 5.96. The van der Waals surface area contributed by atoms with Gasteiger partial charge in [0.05, 0.1) is 50.5 Å². The Balaban J connectivity index is 1.08. The molecule has 312 valence electrons. The van der Waals surface area contributed by atoms with Crippen LogP contribution in [0.25, 0.3) is 33.8 Å². The van der Waals surface area contributed by atoms with Gasteiger partial charge in [-0.2, -0.15) is 5.26 Å². The van der Waals surface area contributed by atoms with Crippen LogP contribution in [0.4, 0.5) is 17.1 Å². The summed E-state index contributed by atoms with van der Waals surface area (Å²) in [5.74, 6) is 2.99. The first-order valence-corrected chi connectivity index (χ1v) is 22.2. The molecule has 8 heteroatoms. The summed E-state index contributed by atoms with van der Waals surface area (Å²) in [5.41, 5.74) is 14.6. The number of pyridine rings is 2. The van der Waals surface area contributed by atoms with Gasteiger partial charge in [0.2, 0.25) is 0 Å². The van der Waals surface area contributed by atoms with E-state index in [1.165, 1.54) is 6.33 Å². The molecule has 0 unspecified atom stereocenters. The maximum atomic E-state index is 11.0. The first-order chi connectivity index (χ1) is 33.2. The minimum atomic E-state index is -0.909. The first kappa shape index (κ1) is 37.2. The van der Waals surface area contributed by atoms with E-state index in [1.807, 2.05) is 60.9 Å². The van der Waals surface area contributed by atoms with Gasteiger partial charge in [-0.05, 0) is 70.8 Å². The van der Waals surface area contributed by atoms with Crippen molar-refractivity contribution in [2.24, 2.45) is 0 Å². The van der Waals surface area contributed by atoms with Crippen molar-refractivity contribution < 1.29 is 9.47 Å². The van der Waals surface area contributed by atoms with Crippen molar-refractivity contribution in [1.82, 2.24) is 19.9 Å². The van der Waals surface area contributed by atoms with Crippen LogP contribution in [-0.4, -0.2) is 19.9 Å². The van der Waals surface area contributed by atoms with Crippen molar-refractivity contribution in [2.45, 2.75) is 10.8 Å². The van der Waals surface area contributed by atoms with E-state index in [4.69, 9.17) is 19.4 Å². The van der Waals surface area contributed by atoms with E-state index in [-0.39, 0.29) is 0 Å². The number of anilines is 3. The molecule has 4 aliphatic rings. The van der Waals surface area contributed by atoms with Crippen LogP contribution in [0.3, 0.4) is 0 Å². The van der Waals surface area contributed by atoms with Gasteiger partial charge in [-0.1, -0.05) is 133 Å². The Morgan fingerprint density at radius 2 is 0.910 bits per heavy atom. The minimum Gasteiger partial charge on any atom is -0.457 e. The average Bonchev–Trinajstić information content (AvgIpc) is 3.69. The van der Waals surface area contributed by atoms with Gasteiger partial charge in [0.1, 0.15) is 29.6 Å².